The Hall–Kier alpha value is 0.280. The molecule has 0 heterocycles. The van der Waals surface area contributed by atoms with E-state index >= 15 is 0 Å². The molecule has 0 aliphatic carbocycles. The van der Waals surface area contributed by atoms with E-state index in [9.17, 15) is 0 Å². The summed E-state index contributed by atoms with van der Waals surface area (Å²) in [7, 11) is 0. The number of rotatable bonds is 8. The van der Waals surface area contributed by atoms with E-state index in [4.69, 9.17) is 9.47 Å². The summed E-state index contributed by atoms with van der Waals surface area (Å²) in [5.74, 6) is 1.72. The second kappa shape index (κ2) is 9.32. The zero-order valence-corrected chi connectivity index (χ0v) is 13.4. The average molecular weight is 446 g/mol. The molecule has 2 nitrogen and oxygen atoms in total. The molecule has 0 aliphatic rings. The zero-order valence-electron chi connectivity index (χ0n) is 9.12. The Kier molecular flexibility index (Phi) is 8.36. The summed E-state index contributed by atoms with van der Waals surface area (Å²) in [4.78, 5) is 0. The molecule has 1 aromatic carbocycles. The molecule has 0 atom stereocenters. The third kappa shape index (κ3) is 5.56. The van der Waals surface area contributed by atoms with Crippen molar-refractivity contribution in [3.05, 3.63) is 24.3 Å². The molecule has 0 amide bonds. The number of alkyl halides is 2. The van der Waals surface area contributed by atoms with Gasteiger partial charge in [0.05, 0.1) is 13.2 Å². The Morgan fingerprint density at radius 3 is 1.62 bits per heavy atom. The van der Waals surface area contributed by atoms with E-state index in [1.165, 1.54) is 0 Å². The van der Waals surface area contributed by atoms with Crippen molar-refractivity contribution in [2.45, 2.75) is 12.8 Å². The van der Waals surface area contributed by atoms with Gasteiger partial charge in [-0.2, -0.15) is 0 Å². The van der Waals surface area contributed by atoms with E-state index in [0.717, 1.165) is 46.4 Å². The predicted octanol–water partition coefficient (Wildman–Crippen LogP) is 4.09. The summed E-state index contributed by atoms with van der Waals surface area (Å²) >= 11 is 4.71. The number of benzene rings is 1. The Labute approximate surface area is 124 Å². The first-order valence-electron chi connectivity index (χ1n) is 5.35. The molecule has 0 saturated heterocycles. The van der Waals surface area contributed by atoms with Crippen LogP contribution in [0.1, 0.15) is 12.8 Å². The van der Waals surface area contributed by atoms with Crippen molar-refractivity contribution < 1.29 is 9.47 Å². The minimum absolute atomic E-state index is 0.760. The second-order valence-corrected chi connectivity index (χ2v) is 5.39. The van der Waals surface area contributed by atoms with Crippen molar-refractivity contribution in [1.29, 1.82) is 0 Å². The Morgan fingerprint density at radius 2 is 1.25 bits per heavy atom. The lowest BCUT2D eigenvalue weighted by Gasteiger charge is -2.11. The third-order valence-corrected chi connectivity index (χ3v) is 3.45. The summed E-state index contributed by atoms with van der Waals surface area (Å²) in [6.45, 7) is 1.52. The molecule has 0 fully saturated rings. The minimum atomic E-state index is 0.760. The fraction of sp³-hybridized carbons (Fsp3) is 0.500. The number of ether oxygens (including phenoxy) is 2. The molecule has 16 heavy (non-hydrogen) atoms. The highest BCUT2D eigenvalue weighted by Crippen LogP contribution is 2.26. The van der Waals surface area contributed by atoms with Gasteiger partial charge in [-0.15, -0.1) is 0 Å². The monoisotopic (exact) mass is 446 g/mol. The largest absolute Gasteiger partial charge is 0.490 e. The van der Waals surface area contributed by atoms with Crippen molar-refractivity contribution in [2.24, 2.45) is 0 Å². The highest BCUT2D eigenvalue weighted by Gasteiger charge is 2.03. The maximum Gasteiger partial charge on any atom is 0.161 e. The van der Waals surface area contributed by atoms with Crippen LogP contribution in [-0.2, 0) is 0 Å². The first-order valence-corrected chi connectivity index (χ1v) is 8.40. The summed E-state index contributed by atoms with van der Waals surface area (Å²) < 4.78 is 13.6. The second-order valence-electron chi connectivity index (χ2n) is 3.23. The van der Waals surface area contributed by atoms with Crippen LogP contribution in [0, 0.1) is 0 Å². The van der Waals surface area contributed by atoms with E-state index in [1.54, 1.807) is 0 Å². The van der Waals surface area contributed by atoms with Gasteiger partial charge >= 0.3 is 0 Å². The summed E-state index contributed by atoms with van der Waals surface area (Å²) in [6.07, 6.45) is 2.14. The topological polar surface area (TPSA) is 18.5 Å². The molecule has 0 bridgehead atoms. The van der Waals surface area contributed by atoms with Crippen molar-refractivity contribution in [3.63, 3.8) is 0 Å². The van der Waals surface area contributed by atoms with Crippen LogP contribution in [0.4, 0.5) is 0 Å². The van der Waals surface area contributed by atoms with Gasteiger partial charge in [0.25, 0.3) is 0 Å². The van der Waals surface area contributed by atoms with Crippen LogP contribution in [-0.4, -0.2) is 22.1 Å². The molecule has 0 aliphatic heterocycles. The lowest BCUT2D eigenvalue weighted by Crippen LogP contribution is -2.02. The van der Waals surface area contributed by atoms with Gasteiger partial charge in [-0.25, -0.2) is 0 Å². The van der Waals surface area contributed by atoms with E-state index in [0.29, 0.717) is 0 Å². The van der Waals surface area contributed by atoms with Gasteiger partial charge in [-0.05, 0) is 25.0 Å². The fourth-order valence-electron chi connectivity index (χ4n) is 1.16. The van der Waals surface area contributed by atoms with Crippen LogP contribution in [0.5, 0.6) is 11.5 Å². The molecule has 0 N–H and O–H groups in total. The van der Waals surface area contributed by atoms with Gasteiger partial charge in [0.2, 0.25) is 0 Å². The number of halogens is 2. The Balaban J connectivity index is 2.46. The maximum atomic E-state index is 5.68. The van der Waals surface area contributed by atoms with Gasteiger partial charge in [-0.3, -0.25) is 0 Å². The standard InChI is InChI=1S/C12H16I2O2/c13-7-3-9-15-11-5-1-2-6-12(11)16-10-4-8-14/h1-2,5-6H,3-4,7-10H2. The molecular weight excluding hydrogens is 430 g/mol. The molecule has 1 rings (SSSR count). The molecule has 4 heteroatoms. The minimum Gasteiger partial charge on any atom is -0.490 e. The predicted molar refractivity (Wildman–Crippen MR) is 84.4 cm³/mol. The highest BCUT2D eigenvalue weighted by atomic mass is 127. The van der Waals surface area contributed by atoms with E-state index < -0.39 is 0 Å². The van der Waals surface area contributed by atoms with E-state index in [2.05, 4.69) is 45.2 Å². The first kappa shape index (κ1) is 14.3. The SMILES string of the molecule is ICCCOc1ccccc1OCCCI. The van der Waals surface area contributed by atoms with Gasteiger partial charge in [-0.1, -0.05) is 57.3 Å². The van der Waals surface area contributed by atoms with Gasteiger partial charge in [0.1, 0.15) is 0 Å². The molecule has 0 saturated carbocycles. The van der Waals surface area contributed by atoms with Gasteiger partial charge < -0.3 is 9.47 Å². The van der Waals surface area contributed by atoms with Crippen LogP contribution >= 0.6 is 45.2 Å². The van der Waals surface area contributed by atoms with E-state index in [1.807, 2.05) is 24.3 Å². The zero-order chi connectivity index (χ0) is 11.6. The Bertz CT molecular complexity index is 263. The molecule has 1 aromatic rings. The third-order valence-electron chi connectivity index (χ3n) is 1.92. The molecular formula is C12H16I2O2. The van der Waals surface area contributed by atoms with Crippen molar-refractivity contribution >= 4 is 45.2 Å². The van der Waals surface area contributed by atoms with Gasteiger partial charge in [0, 0.05) is 8.86 Å². The normalized spacial score (nSPS) is 10.1. The molecule has 0 unspecified atom stereocenters. The summed E-state index contributed by atoms with van der Waals surface area (Å²) in [6, 6.07) is 7.88. The first-order chi connectivity index (χ1) is 7.88. The van der Waals surface area contributed by atoms with Crippen molar-refractivity contribution in [3.8, 4) is 11.5 Å². The number of hydrogen-bond acceptors (Lipinski definition) is 2. The fourth-order valence-corrected chi connectivity index (χ4v) is 1.78. The quantitative estimate of drug-likeness (QED) is 0.341. The van der Waals surface area contributed by atoms with Crippen LogP contribution in [0.25, 0.3) is 0 Å². The van der Waals surface area contributed by atoms with Crippen LogP contribution in [0.15, 0.2) is 24.3 Å². The lowest BCUT2D eigenvalue weighted by molar-refractivity contribution is 0.270. The molecule has 0 radical (unpaired) electrons. The average Bonchev–Trinajstić information content (AvgIpc) is 2.32. The van der Waals surface area contributed by atoms with Crippen molar-refractivity contribution in [2.75, 3.05) is 22.1 Å². The maximum absolute atomic E-state index is 5.68. The lowest BCUT2D eigenvalue weighted by atomic mass is 10.3. The Morgan fingerprint density at radius 1 is 0.812 bits per heavy atom. The van der Waals surface area contributed by atoms with Crippen LogP contribution in [0.2, 0.25) is 0 Å². The molecule has 0 spiro atoms. The van der Waals surface area contributed by atoms with Gasteiger partial charge in [0.15, 0.2) is 11.5 Å². The summed E-state index contributed by atoms with van der Waals surface area (Å²) in [5, 5.41) is 0. The molecule has 0 aromatic heterocycles. The highest BCUT2D eigenvalue weighted by molar-refractivity contribution is 14.1. The summed E-state index contributed by atoms with van der Waals surface area (Å²) in [5.41, 5.74) is 0. The van der Waals surface area contributed by atoms with E-state index in [-0.39, 0.29) is 0 Å². The number of hydrogen-bond donors (Lipinski definition) is 0. The van der Waals surface area contributed by atoms with Crippen LogP contribution in [0.3, 0.4) is 0 Å². The van der Waals surface area contributed by atoms with Crippen LogP contribution < -0.4 is 9.47 Å². The smallest absolute Gasteiger partial charge is 0.161 e. The molecule has 90 valence electrons. The number of para-hydroxylation sites is 2. The van der Waals surface area contributed by atoms with Crippen molar-refractivity contribution in [1.82, 2.24) is 0 Å².